The van der Waals surface area contributed by atoms with Crippen LogP contribution in [0.15, 0.2) is 5.10 Å². The summed E-state index contributed by atoms with van der Waals surface area (Å²) in [6.45, 7) is 3.95. The van der Waals surface area contributed by atoms with Crippen LogP contribution in [0.5, 0.6) is 0 Å². The van der Waals surface area contributed by atoms with Crippen molar-refractivity contribution in [2.24, 2.45) is 10.9 Å². The molecule has 3 heteroatoms. The summed E-state index contributed by atoms with van der Waals surface area (Å²) >= 11 is 5.69. The summed E-state index contributed by atoms with van der Waals surface area (Å²) in [4.78, 5) is 0. The number of hydrogen-bond donors (Lipinski definition) is 1. The van der Waals surface area contributed by atoms with E-state index in [2.05, 4.69) is 5.10 Å². The minimum Gasteiger partial charge on any atom is -0.323 e. The molecular weight excluding hydrogens is 136 g/mol. The maximum Gasteiger partial charge on any atom is 0.0387 e. The van der Waals surface area contributed by atoms with Gasteiger partial charge in [-0.2, -0.15) is 5.10 Å². The van der Waals surface area contributed by atoms with Crippen molar-refractivity contribution in [2.45, 2.75) is 32.1 Å². The Morgan fingerprint density at radius 2 is 2.33 bits per heavy atom. The van der Waals surface area contributed by atoms with Gasteiger partial charge < -0.3 is 5.84 Å². The van der Waals surface area contributed by atoms with Crippen molar-refractivity contribution in [3.8, 4) is 0 Å². The minimum absolute atomic E-state index is 0.146. The molecule has 1 atom stereocenters. The Kier molecular flexibility index (Phi) is 4.50. The predicted molar refractivity (Wildman–Crippen MR) is 41.8 cm³/mol. The fraction of sp³-hybridized carbons (Fsp3) is 0.833. The van der Waals surface area contributed by atoms with Gasteiger partial charge in [0.15, 0.2) is 0 Å². The second-order valence-electron chi connectivity index (χ2n) is 2.03. The highest BCUT2D eigenvalue weighted by Gasteiger charge is 2.00. The van der Waals surface area contributed by atoms with Gasteiger partial charge in [0, 0.05) is 17.5 Å². The van der Waals surface area contributed by atoms with E-state index >= 15 is 0 Å². The first-order valence-corrected chi connectivity index (χ1v) is 3.54. The van der Waals surface area contributed by atoms with Crippen LogP contribution in [0.25, 0.3) is 0 Å². The van der Waals surface area contributed by atoms with E-state index in [-0.39, 0.29) is 5.38 Å². The fourth-order valence-corrected chi connectivity index (χ4v) is 0.791. The molecular formula is C6H13ClN2. The van der Waals surface area contributed by atoms with Crippen LogP contribution < -0.4 is 5.84 Å². The molecule has 0 spiro atoms. The largest absolute Gasteiger partial charge is 0.323 e. The van der Waals surface area contributed by atoms with Crippen LogP contribution in [0.3, 0.4) is 0 Å². The third-order valence-electron chi connectivity index (χ3n) is 1.11. The van der Waals surface area contributed by atoms with Crippen molar-refractivity contribution < 1.29 is 0 Å². The van der Waals surface area contributed by atoms with Crippen LogP contribution in [0.1, 0.15) is 26.7 Å². The average Bonchev–Trinajstić information content (AvgIpc) is 1.82. The molecule has 0 rings (SSSR count). The van der Waals surface area contributed by atoms with Crippen LogP contribution >= 0.6 is 11.6 Å². The lowest BCUT2D eigenvalue weighted by Gasteiger charge is -2.01. The van der Waals surface area contributed by atoms with Crippen LogP contribution in [0.4, 0.5) is 0 Å². The summed E-state index contributed by atoms with van der Waals surface area (Å²) in [6, 6.07) is 0. The lowest BCUT2D eigenvalue weighted by Crippen LogP contribution is -2.05. The Morgan fingerprint density at radius 3 is 2.44 bits per heavy atom. The molecule has 9 heavy (non-hydrogen) atoms. The Morgan fingerprint density at radius 1 is 1.78 bits per heavy atom. The zero-order valence-electron chi connectivity index (χ0n) is 5.89. The van der Waals surface area contributed by atoms with Gasteiger partial charge in [0.25, 0.3) is 0 Å². The number of nitrogens with zero attached hydrogens (tertiary/aromatic N) is 1. The van der Waals surface area contributed by atoms with Gasteiger partial charge in [0.1, 0.15) is 0 Å². The number of hydrazone groups is 1. The molecule has 0 fully saturated rings. The molecule has 0 aromatic heterocycles. The van der Waals surface area contributed by atoms with Gasteiger partial charge >= 0.3 is 0 Å². The van der Waals surface area contributed by atoms with E-state index in [0.29, 0.717) is 0 Å². The first-order chi connectivity index (χ1) is 4.20. The molecule has 1 unspecified atom stereocenters. The fourth-order valence-electron chi connectivity index (χ4n) is 0.613. The van der Waals surface area contributed by atoms with Gasteiger partial charge in [-0.15, -0.1) is 11.6 Å². The first-order valence-electron chi connectivity index (χ1n) is 3.10. The lowest BCUT2D eigenvalue weighted by atomic mass is 10.2. The van der Waals surface area contributed by atoms with Crippen LogP contribution in [-0.2, 0) is 0 Å². The Hall–Kier alpha value is -0.240. The van der Waals surface area contributed by atoms with E-state index in [0.717, 1.165) is 18.6 Å². The monoisotopic (exact) mass is 148 g/mol. The normalized spacial score (nSPS) is 15.7. The third kappa shape index (κ3) is 4.28. The Bertz CT molecular complexity index is 99.2. The Labute approximate surface area is 61.1 Å². The number of alkyl halides is 1. The van der Waals surface area contributed by atoms with E-state index in [1.165, 1.54) is 0 Å². The maximum absolute atomic E-state index is 5.69. The summed E-state index contributed by atoms with van der Waals surface area (Å²) in [5, 5.41) is 3.72. The minimum atomic E-state index is 0.146. The van der Waals surface area contributed by atoms with E-state index in [9.17, 15) is 0 Å². The van der Waals surface area contributed by atoms with E-state index in [1.54, 1.807) is 0 Å². The highest BCUT2D eigenvalue weighted by Crippen LogP contribution is 2.03. The SMILES string of the molecule is CC/C(CC(C)Cl)=N\N. The third-order valence-corrected chi connectivity index (χ3v) is 1.26. The van der Waals surface area contributed by atoms with Crippen molar-refractivity contribution in [2.75, 3.05) is 0 Å². The summed E-state index contributed by atoms with van der Waals surface area (Å²) in [5.41, 5.74) is 0.984. The summed E-state index contributed by atoms with van der Waals surface area (Å²) < 4.78 is 0. The van der Waals surface area contributed by atoms with Crippen LogP contribution in [0.2, 0.25) is 0 Å². The molecule has 2 nitrogen and oxygen atoms in total. The molecule has 0 amide bonds. The molecule has 0 aliphatic carbocycles. The van der Waals surface area contributed by atoms with E-state index in [4.69, 9.17) is 17.4 Å². The standard InChI is InChI=1S/C6H13ClN2/c1-3-6(9-8)4-5(2)7/h5H,3-4,8H2,1-2H3/b9-6+. The molecule has 0 aromatic carbocycles. The van der Waals surface area contributed by atoms with Gasteiger partial charge in [-0.25, -0.2) is 0 Å². The smallest absolute Gasteiger partial charge is 0.0387 e. The van der Waals surface area contributed by atoms with Gasteiger partial charge in [-0.05, 0) is 13.3 Å². The maximum atomic E-state index is 5.69. The topological polar surface area (TPSA) is 38.4 Å². The number of rotatable bonds is 3. The molecule has 0 saturated carbocycles. The highest BCUT2D eigenvalue weighted by atomic mass is 35.5. The number of hydrogen-bond acceptors (Lipinski definition) is 2. The predicted octanol–water partition coefficient (Wildman–Crippen LogP) is 1.73. The van der Waals surface area contributed by atoms with Gasteiger partial charge in [0.05, 0.1) is 0 Å². The Balaban J connectivity index is 3.58. The van der Waals surface area contributed by atoms with Crippen molar-refractivity contribution in [1.82, 2.24) is 0 Å². The van der Waals surface area contributed by atoms with Gasteiger partial charge in [-0.1, -0.05) is 6.92 Å². The highest BCUT2D eigenvalue weighted by molar-refractivity contribution is 6.21. The van der Waals surface area contributed by atoms with E-state index in [1.807, 2.05) is 13.8 Å². The van der Waals surface area contributed by atoms with Crippen molar-refractivity contribution >= 4 is 17.3 Å². The molecule has 0 bridgehead atoms. The molecule has 0 aromatic rings. The van der Waals surface area contributed by atoms with Crippen molar-refractivity contribution in [3.05, 3.63) is 0 Å². The van der Waals surface area contributed by atoms with Crippen LogP contribution in [-0.4, -0.2) is 11.1 Å². The average molecular weight is 149 g/mol. The van der Waals surface area contributed by atoms with E-state index < -0.39 is 0 Å². The van der Waals surface area contributed by atoms with Crippen LogP contribution in [0, 0.1) is 0 Å². The van der Waals surface area contributed by atoms with Crippen molar-refractivity contribution in [1.29, 1.82) is 0 Å². The summed E-state index contributed by atoms with van der Waals surface area (Å²) in [6.07, 6.45) is 1.70. The molecule has 0 heterocycles. The number of nitrogens with two attached hydrogens (primary N) is 1. The molecule has 0 aliphatic rings. The second-order valence-corrected chi connectivity index (χ2v) is 2.78. The molecule has 0 saturated heterocycles. The lowest BCUT2D eigenvalue weighted by molar-refractivity contribution is 0.962. The quantitative estimate of drug-likeness (QED) is 0.282. The summed E-state index contributed by atoms with van der Waals surface area (Å²) in [7, 11) is 0. The zero-order valence-corrected chi connectivity index (χ0v) is 6.65. The first kappa shape index (κ1) is 8.76. The second kappa shape index (κ2) is 4.62. The number of halogens is 1. The molecule has 2 N–H and O–H groups in total. The summed E-state index contributed by atoms with van der Waals surface area (Å²) in [5.74, 6) is 5.06. The molecule has 54 valence electrons. The zero-order chi connectivity index (χ0) is 7.28. The van der Waals surface area contributed by atoms with Gasteiger partial charge in [0.2, 0.25) is 0 Å². The molecule has 0 radical (unpaired) electrons. The molecule has 0 aliphatic heterocycles. The van der Waals surface area contributed by atoms with Gasteiger partial charge in [-0.3, -0.25) is 0 Å². The van der Waals surface area contributed by atoms with Crippen molar-refractivity contribution in [3.63, 3.8) is 0 Å².